The van der Waals surface area contributed by atoms with Crippen molar-refractivity contribution in [2.24, 2.45) is 0 Å². The van der Waals surface area contributed by atoms with Crippen LogP contribution in [0.4, 0.5) is 16.2 Å². The van der Waals surface area contributed by atoms with Crippen molar-refractivity contribution < 1.29 is 28.9 Å². The van der Waals surface area contributed by atoms with Gasteiger partial charge >= 0.3 is 5.69 Å². The molecule has 1 saturated heterocycles. The molecule has 0 atom stereocenters. The summed E-state index contributed by atoms with van der Waals surface area (Å²) in [6.07, 6.45) is 1.49. The molecule has 0 unspecified atom stereocenters. The Hall–Kier alpha value is -3.93. The van der Waals surface area contributed by atoms with Crippen LogP contribution in [0, 0.1) is 20.2 Å². The van der Waals surface area contributed by atoms with Crippen molar-refractivity contribution in [3.8, 4) is 17.2 Å². The summed E-state index contributed by atoms with van der Waals surface area (Å²) in [5.74, 6) is -0.344. The lowest BCUT2D eigenvalue weighted by Crippen LogP contribution is -2.17. The van der Waals surface area contributed by atoms with Gasteiger partial charge in [-0.05, 0) is 48.5 Å². The van der Waals surface area contributed by atoms with Crippen LogP contribution in [0.3, 0.4) is 0 Å². The lowest BCUT2D eigenvalue weighted by Gasteiger charge is -2.12. The molecule has 154 valence electrons. The van der Waals surface area contributed by atoms with Gasteiger partial charge < -0.3 is 9.47 Å². The quantitative estimate of drug-likeness (QED) is 0.389. The summed E-state index contributed by atoms with van der Waals surface area (Å²) in [7, 11) is 0. The van der Waals surface area contributed by atoms with Gasteiger partial charge in [-0.25, -0.2) is 0 Å². The maximum absolute atomic E-state index is 11.7. The minimum absolute atomic E-state index is 0.135. The van der Waals surface area contributed by atoms with Crippen LogP contribution in [0.1, 0.15) is 12.5 Å². The Morgan fingerprint density at radius 2 is 1.77 bits per heavy atom. The van der Waals surface area contributed by atoms with E-state index >= 15 is 0 Å². The Morgan fingerprint density at radius 1 is 1.03 bits per heavy atom. The second-order valence-corrected chi connectivity index (χ2v) is 6.77. The van der Waals surface area contributed by atoms with Crippen molar-refractivity contribution in [1.82, 2.24) is 5.32 Å². The van der Waals surface area contributed by atoms with Crippen LogP contribution in [0.5, 0.6) is 17.2 Å². The molecule has 30 heavy (non-hydrogen) atoms. The largest absolute Gasteiger partial charge is 0.490 e. The lowest BCUT2D eigenvalue weighted by molar-refractivity contribution is -0.394. The minimum Gasteiger partial charge on any atom is -0.490 e. The number of ether oxygens (including phenoxy) is 2. The average Bonchev–Trinajstić information content (AvgIpc) is 3.00. The van der Waals surface area contributed by atoms with Crippen molar-refractivity contribution in [2.45, 2.75) is 6.92 Å². The minimum atomic E-state index is -0.783. The van der Waals surface area contributed by atoms with E-state index in [-0.39, 0.29) is 28.8 Å². The normalized spacial score (nSPS) is 14.5. The smallest absolute Gasteiger partial charge is 0.318 e. The van der Waals surface area contributed by atoms with E-state index in [0.29, 0.717) is 5.56 Å². The van der Waals surface area contributed by atoms with Crippen molar-refractivity contribution in [2.75, 3.05) is 6.61 Å². The monoisotopic (exact) mass is 431 g/mol. The number of nitrogens with zero attached hydrogens (tertiary/aromatic N) is 2. The van der Waals surface area contributed by atoms with Crippen LogP contribution in [-0.2, 0) is 4.79 Å². The molecule has 2 aromatic rings. The number of nitrogens with one attached hydrogen (secondary N) is 1. The van der Waals surface area contributed by atoms with E-state index in [4.69, 9.17) is 9.47 Å². The first-order valence-corrected chi connectivity index (χ1v) is 9.22. The number of non-ortho nitro benzene ring substituents is 1. The van der Waals surface area contributed by atoms with Crippen molar-refractivity contribution in [1.29, 1.82) is 0 Å². The zero-order chi connectivity index (χ0) is 21.8. The first-order chi connectivity index (χ1) is 14.3. The van der Waals surface area contributed by atoms with Gasteiger partial charge in [-0.15, -0.1) is 0 Å². The molecule has 0 bridgehead atoms. The number of rotatable bonds is 7. The number of benzene rings is 2. The molecule has 11 nitrogen and oxygen atoms in total. The topological polar surface area (TPSA) is 151 Å². The fraction of sp³-hybridized carbons (Fsp3) is 0.111. The standard InChI is InChI=1S/C18H13N3O8S/c1-2-28-15-7-10(8-16-17(22)19-18(23)30-16)3-5-14(15)29-13-6-4-11(20(24)25)9-12(13)21(26)27/h3-9H,2H2,1H3,(H,19,22,23). The highest BCUT2D eigenvalue weighted by Crippen LogP contribution is 2.39. The van der Waals surface area contributed by atoms with E-state index in [0.717, 1.165) is 30.0 Å². The van der Waals surface area contributed by atoms with Crippen LogP contribution >= 0.6 is 11.8 Å². The Morgan fingerprint density at radius 3 is 2.37 bits per heavy atom. The maximum Gasteiger partial charge on any atom is 0.318 e. The maximum atomic E-state index is 11.7. The van der Waals surface area contributed by atoms with E-state index in [1.807, 2.05) is 0 Å². The third kappa shape index (κ3) is 4.55. The van der Waals surface area contributed by atoms with Gasteiger partial charge in [-0.2, -0.15) is 0 Å². The molecule has 1 aliphatic rings. The van der Waals surface area contributed by atoms with Crippen LogP contribution < -0.4 is 14.8 Å². The molecule has 0 aromatic heterocycles. The second kappa shape index (κ2) is 8.61. The van der Waals surface area contributed by atoms with Crippen LogP contribution in [-0.4, -0.2) is 27.6 Å². The van der Waals surface area contributed by atoms with E-state index in [9.17, 15) is 29.8 Å². The summed E-state index contributed by atoms with van der Waals surface area (Å²) in [5, 5.41) is 23.9. The number of carbonyl (C=O) groups is 2. The highest BCUT2D eigenvalue weighted by molar-refractivity contribution is 8.18. The summed E-state index contributed by atoms with van der Waals surface area (Å²) in [5.41, 5.74) is -0.477. The summed E-state index contributed by atoms with van der Waals surface area (Å²) in [6, 6.07) is 7.61. The molecule has 0 spiro atoms. The highest BCUT2D eigenvalue weighted by Gasteiger charge is 2.25. The molecule has 12 heteroatoms. The van der Waals surface area contributed by atoms with Gasteiger partial charge in [0.05, 0.1) is 27.4 Å². The van der Waals surface area contributed by atoms with E-state index < -0.39 is 32.4 Å². The summed E-state index contributed by atoms with van der Waals surface area (Å²) < 4.78 is 11.1. The van der Waals surface area contributed by atoms with E-state index in [1.54, 1.807) is 19.1 Å². The number of hydrogen-bond donors (Lipinski definition) is 1. The molecule has 1 fully saturated rings. The molecule has 1 N–H and O–H groups in total. The highest BCUT2D eigenvalue weighted by atomic mass is 32.2. The Kier molecular flexibility index (Phi) is 5.97. The fourth-order valence-corrected chi connectivity index (χ4v) is 3.19. The predicted molar refractivity (Wildman–Crippen MR) is 107 cm³/mol. The zero-order valence-corrected chi connectivity index (χ0v) is 16.1. The molecule has 1 heterocycles. The lowest BCUT2D eigenvalue weighted by atomic mass is 10.2. The molecule has 0 aliphatic carbocycles. The van der Waals surface area contributed by atoms with Crippen molar-refractivity contribution in [3.63, 3.8) is 0 Å². The molecular formula is C18H13N3O8S. The number of carbonyl (C=O) groups excluding carboxylic acids is 2. The van der Waals surface area contributed by atoms with Gasteiger partial charge in [0.15, 0.2) is 11.5 Å². The van der Waals surface area contributed by atoms with Gasteiger partial charge in [0, 0.05) is 6.07 Å². The van der Waals surface area contributed by atoms with Crippen LogP contribution in [0.15, 0.2) is 41.3 Å². The van der Waals surface area contributed by atoms with Crippen LogP contribution in [0.2, 0.25) is 0 Å². The first-order valence-electron chi connectivity index (χ1n) is 8.41. The number of nitro groups is 2. The van der Waals surface area contributed by atoms with Gasteiger partial charge in [0.1, 0.15) is 0 Å². The van der Waals surface area contributed by atoms with Gasteiger partial charge in [0.2, 0.25) is 5.75 Å². The van der Waals surface area contributed by atoms with Gasteiger partial charge in [-0.3, -0.25) is 35.1 Å². The number of nitro benzene ring substituents is 2. The summed E-state index contributed by atoms with van der Waals surface area (Å²) in [6.45, 7) is 1.98. The Bertz CT molecular complexity index is 1100. The van der Waals surface area contributed by atoms with E-state index in [1.165, 1.54) is 12.1 Å². The van der Waals surface area contributed by atoms with Gasteiger partial charge in [-0.1, -0.05) is 6.07 Å². The molecule has 2 aromatic carbocycles. The first kappa shape index (κ1) is 20.8. The SMILES string of the molecule is CCOc1cc(C=C2SC(=O)NC2=O)ccc1Oc1ccc([N+](=O)[O-])cc1[N+](=O)[O-]. The predicted octanol–water partition coefficient (Wildman–Crippen LogP) is 4.02. The number of hydrogen-bond acceptors (Lipinski definition) is 9. The Balaban J connectivity index is 1.96. The molecule has 3 rings (SSSR count). The third-order valence-corrected chi connectivity index (χ3v) is 4.59. The van der Waals surface area contributed by atoms with Crippen molar-refractivity contribution >= 4 is 40.4 Å². The molecule has 0 saturated carbocycles. The molecule has 0 radical (unpaired) electrons. The van der Waals surface area contributed by atoms with Crippen molar-refractivity contribution in [3.05, 3.63) is 67.1 Å². The summed E-state index contributed by atoms with van der Waals surface area (Å²) in [4.78, 5) is 43.8. The second-order valence-electron chi connectivity index (χ2n) is 5.76. The molecular weight excluding hydrogens is 418 g/mol. The number of imide groups is 1. The number of amides is 2. The van der Waals surface area contributed by atoms with Crippen LogP contribution in [0.25, 0.3) is 6.08 Å². The molecule has 2 amide bonds. The Labute approximate surface area is 173 Å². The zero-order valence-electron chi connectivity index (χ0n) is 15.3. The third-order valence-electron chi connectivity index (χ3n) is 3.78. The molecule has 1 aliphatic heterocycles. The average molecular weight is 431 g/mol. The fourth-order valence-electron chi connectivity index (χ4n) is 2.51. The summed E-state index contributed by atoms with van der Waals surface area (Å²) >= 11 is 0.763. The number of thioether (sulfide) groups is 1. The van der Waals surface area contributed by atoms with E-state index in [2.05, 4.69) is 5.32 Å². The van der Waals surface area contributed by atoms with Gasteiger partial charge in [0.25, 0.3) is 16.8 Å².